The molecule has 0 radical (unpaired) electrons. The number of urea groups is 1. The minimum atomic E-state index is -0.0893. The van der Waals surface area contributed by atoms with Crippen molar-refractivity contribution >= 4 is 11.9 Å². The normalized spacial score (nSPS) is 24.4. The molecule has 110 valence electrons. The largest absolute Gasteiger partial charge is 0.335 e. The molecule has 5 heteroatoms. The first kappa shape index (κ1) is 12.7. The molecule has 0 bridgehead atoms. The van der Waals surface area contributed by atoms with Gasteiger partial charge in [-0.05, 0) is 30.4 Å². The standard InChI is InChI=1S/C16H19N3O2/c20-15-10-18(16(21)17-12-5-6-12)9-14-13-4-2-1-3-11(13)7-8-19(14)15/h1-4,12,14H,5-10H2,(H,17,21). The summed E-state index contributed by atoms with van der Waals surface area (Å²) >= 11 is 0. The zero-order chi connectivity index (χ0) is 14.4. The average molecular weight is 285 g/mol. The van der Waals surface area contributed by atoms with Crippen molar-refractivity contribution in [2.75, 3.05) is 19.6 Å². The molecule has 3 aliphatic rings. The minimum absolute atomic E-state index is 0.0150. The second-order valence-corrected chi connectivity index (χ2v) is 6.16. The molecule has 21 heavy (non-hydrogen) atoms. The van der Waals surface area contributed by atoms with Crippen LogP contribution >= 0.6 is 0 Å². The zero-order valence-electron chi connectivity index (χ0n) is 11.9. The Balaban J connectivity index is 1.58. The van der Waals surface area contributed by atoms with Crippen molar-refractivity contribution in [3.8, 4) is 0 Å². The Morgan fingerprint density at radius 2 is 2.05 bits per heavy atom. The smallest absolute Gasteiger partial charge is 0.318 e. The average Bonchev–Trinajstić information content (AvgIpc) is 3.31. The van der Waals surface area contributed by atoms with Crippen molar-refractivity contribution in [1.82, 2.24) is 15.1 Å². The summed E-state index contributed by atoms with van der Waals surface area (Å²) in [5, 5.41) is 2.98. The third-order valence-corrected chi connectivity index (χ3v) is 4.64. The van der Waals surface area contributed by atoms with E-state index in [0.29, 0.717) is 12.6 Å². The highest BCUT2D eigenvalue weighted by molar-refractivity contribution is 5.86. The number of amides is 3. The summed E-state index contributed by atoms with van der Waals surface area (Å²) in [5.74, 6) is 0.0618. The predicted octanol–water partition coefficient (Wildman–Crippen LogP) is 1.30. The number of carbonyl (C=O) groups is 2. The summed E-state index contributed by atoms with van der Waals surface area (Å²) in [6, 6.07) is 8.51. The molecule has 1 atom stereocenters. The van der Waals surface area contributed by atoms with E-state index in [-0.39, 0.29) is 24.5 Å². The maximum Gasteiger partial charge on any atom is 0.318 e. The Bertz CT molecular complexity index is 597. The molecule has 1 N–H and O–H groups in total. The first-order chi connectivity index (χ1) is 10.2. The molecule has 1 saturated heterocycles. The van der Waals surface area contributed by atoms with Crippen LogP contribution < -0.4 is 5.32 Å². The Labute approximate surface area is 123 Å². The molecule has 1 aliphatic carbocycles. The molecule has 1 unspecified atom stereocenters. The van der Waals surface area contributed by atoms with Crippen LogP contribution in [0, 0.1) is 0 Å². The molecule has 2 heterocycles. The van der Waals surface area contributed by atoms with Crippen molar-refractivity contribution in [1.29, 1.82) is 0 Å². The highest BCUT2D eigenvalue weighted by atomic mass is 16.2. The SMILES string of the molecule is O=C(NC1CC1)N1CC(=O)N2CCc3ccccc3C2C1. The van der Waals surface area contributed by atoms with Gasteiger partial charge in [0.15, 0.2) is 0 Å². The molecule has 4 rings (SSSR count). The van der Waals surface area contributed by atoms with E-state index in [1.165, 1.54) is 11.1 Å². The van der Waals surface area contributed by atoms with Gasteiger partial charge in [0, 0.05) is 19.1 Å². The van der Waals surface area contributed by atoms with Crippen molar-refractivity contribution in [2.24, 2.45) is 0 Å². The number of benzene rings is 1. The lowest BCUT2D eigenvalue weighted by Crippen LogP contribution is -2.57. The Hall–Kier alpha value is -2.04. The van der Waals surface area contributed by atoms with Gasteiger partial charge in [-0.3, -0.25) is 4.79 Å². The lowest BCUT2D eigenvalue weighted by Gasteiger charge is -2.44. The van der Waals surface area contributed by atoms with Crippen LogP contribution in [-0.2, 0) is 11.2 Å². The zero-order valence-corrected chi connectivity index (χ0v) is 11.9. The van der Waals surface area contributed by atoms with Crippen LogP contribution in [0.3, 0.4) is 0 Å². The predicted molar refractivity (Wildman–Crippen MR) is 77.7 cm³/mol. The van der Waals surface area contributed by atoms with Crippen LogP contribution in [-0.4, -0.2) is 47.4 Å². The molecule has 1 aromatic rings. The molecular formula is C16H19N3O2. The van der Waals surface area contributed by atoms with E-state index in [4.69, 9.17) is 0 Å². The molecule has 1 aromatic carbocycles. The number of nitrogens with zero attached hydrogens (tertiary/aromatic N) is 2. The maximum absolute atomic E-state index is 12.4. The molecule has 1 saturated carbocycles. The van der Waals surface area contributed by atoms with Crippen molar-refractivity contribution < 1.29 is 9.59 Å². The summed E-state index contributed by atoms with van der Waals surface area (Å²) < 4.78 is 0. The van der Waals surface area contributed by atoms with Gasteiger partial charge in [0.1, 0.15) is 6.54 Å². The van der Waals surface area contributed by atoms with Crippen molar-refractivity contribution in [3.63, 3.8) is 0 Å². The third kappa shape index (κ3) is 2.26. The monoisotopic (exact) mass is 285 g/mol. The first-order valence-electron chi connectivity index (χ1n) is 7.65. The van der Waals surface area contributed by atoms with E-state index >= 15 is 0 Å². The van der Waals surface area contributed by atoms with E-state index in [1.807, 2.05) is 17.0 Å². The lowest BCUT2D eigenvalue weighted by molar-refractivity contribution is -0.139. The van der Waals surface area contributed by atoms with Crippen LogP contribution in [0.4, 0.5) is 4.79 Å². The van der Waals surface area contributed by atoms with Gasteiger partial charge in [-0.2, -0.15) is 0 Å². The number of rotatable bonds is 1. The molecule has 0 aromatic heterocycles. The summed E-state index contributed by atoms with van der Waals surface area (Å²) in [4.78, 5) is 28.2. The van der Waals surface area contributed by atoms with Gasteiger partial charge in [-0.1, -0.05) is 24.3 Å². The van der Waals surface area contributed by atoms with Gasteiger partial charge in [-0.25, -0.2) is 4.79 Å². The third-order valence-electron chi connectivity index (χ3n) is 4.64. The fourth-order valence-electron chi connectivity index (χ4n) is 3.32. The second kappa shape index (κ2) is 4.76. The lowest BCUT2D eigenvalue weighted by atomic mass is 9.91. The Kier molecular flexibility index (Phi) is 2.87. The molecule has 5 nitrogen and oxygen atoms in total. The second-order valence-electron chi connectivity index (χ2n) is 6.16. The molecule has 0 spiro atoms. The maximum atomic E-state index is 12.4. The van der Waals surface area contributed by atoms with Crippen LogP contribution in [0.25, 0.3) is 0 Å². The van der Waals surface area contributed by atoms with Gasteiger partial charge in [0.2, 0.25) is 5.91 Å². The summed E-state index contributed by atoms with van der Waals surface area (Å²) in [5.41, 5.74) is 2.50. The number of fused-ring (bicyclic) bond motifs is 3. The quantitative estimate of drug-likeness (QED) is 0.845. The highest BCUT2D eigenvalue weighted by Gasteiger charge is 2.39. The number of nitrogens with one attached hydrogen (secondary N) is 1. The fraction of sp³-hybridized carbons (Fsp3) is 0.500. The number of hydrogen-bond acceptors (Lipinski definition) is 2. The van der Waals surface area contributed by atoms with Crippen LogP contribution in [0.5, 0.6) is 0 Å². The topological polar surface area (TPSA) is 52.7 Å². The Morgan fingerprint density at radius 3 is 2.86 bits per heavy atom. The molecule has 2 aliphatic heterocycles. The minimum Gasteiger partial charge on any atom is -0.335 e. The van der Waals surface area contributed by atoms with Crippen molar-refractivity contribution in [3.05, 3.63) is 35.4 Å². The van der Waals surface area contributed by atoms with E-state index < -0.39 is 0 Å². The summed E-state index contributed by atoms with van der Waals surface area (Å²) in [7, 11) is 0. The van der Waals surface area contributed by atoms with Crippen LogP contribution in [0.1, 0.15) is 30.0 Å². The van der Waals surface area contributed by atoms with E-state index in [1.54, 1.807) is 4.90 Å². The van der Waals surface area contributed by atoms with Gasteiger partial charge < -0.3 is 15.1 Å². The van der Waals surface area contributed by atoms with Crippen LogP contribution in [0.15, 0.2) is 24.3 Å². The van der Waals surface area contributed by atoms with E-state index in [9.17, 15) is 9.59 Å². The van der Waals surface area contributed by atoms with Gasteiger partial charge >= 0.3 is 6.03 Å². The number of piperazine rings is 1. The van der Waals surface area contributed by atoms with Gasteiger partial charge in [0.05, 0.1) is 6.04 Å². The van der Waals surface area contributed by atoms with E-state index in [0.717, 1.165) is 25.8 Å². The van der Waals surface area contributed by atoms with Crippen molar-refractivity contribution in [2.45, 2.75) is 31.3 Å². The van der Waals surface area contributed by atoms with Gasteiger partial charge in [0.25, 0.3) is 0 Å². The summed E-state index contributed by atoms with van der Waals surface area (Å²) in [6.07, 6.45) is 3.03. The number of carbonyl (C=O) groups excluding carboxylic acids is 2. The van der Waals surface area contributed by atoms with Gasteiger partial charge in [-0.15, -0.1) is 0 Å². The molecular weight excluding hydrogens is 266 g/mol. The van der Waals surface area contributed by atoms with E-state index in [2.05, 4.69) is 17.4 Å². The molecule has 2 fully saturated rings. The first-order valence-corrected chi connectivity index (χ1v) is 7.65. The fourth-order valence-corrected chi connectivity index (χ4v) is 3.32. The highest BCUT2D eigenvalue weighted by Crippen LogP contribution is 2.33. The summed E-state index contributed by atoms with van der Waals surface area (Å²) in [6.45, 7) is 1.57. The van der Waals surface area contributed by atoms with Crippen LogP contribution in [0.2, 0.25) is 0 Å². The molecule has 3 amide bonds. The Morgan fingerprint density at radius 1 is 1.24 bits per heavy atom. The number of hydrogen-bond donors (Lipinski definition) is 1.